The minimum Gasteiger partial charge on any atom is -0.272 e. The molecule has 2 aromatic rings. The summed E-state index contributed by atoms with van der Waals surface area (Å²) in [6.07, 6.45) is 4.47. The van der Waals surface area contributed by atoms with Crippen molar-refractivity contribution in [3.8, 4) is 0 Å². The number of nitrogens with zero attached hydrogens (tertiary/aromatic N) is 2. The van der Waals surface area contributed by atoms with Crippen LogP contribution in [0.3, 0.4) is 0 Å². The van der Waals surface area contributed by atoms with Crippen molar-refractivity contribution in [2.45, 2.75) is 37.1 Å². The van der Waals surface area contributed by atoms with Crippen LogP contribution in [0, 0.1) is 6.92 Å². The number of halogens is 1. The molecule has 7 heteroatoms. The van der Waals surface area contributed by atoms with E-state index in [1.54, 1.807) is 24.4 Å². The van der Waals surface area contributed by atoms with Crippen LogP contribution in [0.1, 0.15) is 35.7 Å². The maximum Gasteiger partial charge on any atom is 0.241 e. The highest BCUT2D eigenvalue weighted by Crippen LogP contribution is 2.31. The molecule has 1 aliphatic rings. The fourth-order valence-electron chi connectivity index (χ4n) is 2.87. The Labute approximate surface area is 138 Å². The molecule has 5 nitrogen and oxygen atoms in total. The molecular weight excluding hydrogens is 366 g/mol. The lowest BCUT2D eigenvalue weighted by Gasteiger charge is -2.23. The maximum atomic E-state index is 12.6. The molecule has 22 heavy (non-hydrogen) atoms. The van der Waals surface area contributed by atoms with Crippen molar-refractivity contribution < 1.29 is 8.42 Å². The molecule has 0 saturated carbocycles. The molecule has 0 fully saturated rings. The molecule has 0 amide bonds. The average molecular weight is 384 g/mol. The third-order valence-corrected chi connectivity index (χ3v) is 6.47. The van der Waals surface area contributed by atoms with Crippen molar-refractivity contribution in [2.24, 2.45) is 7.05 Å². The molecule has 1 atom stereocenters. The van der Waals surface area contributed by atoms with Crippen LogP contribution in [-0.2, 0) is 23.5 Å². The second-order valence-corrected chi connectivity index (χ2v) is 8.22. The van der Waals surface area contributed by atoms with E-state index in [9.17, 15) is 8.42 Å². The number of benzene rings is 1. The normalized spacial score (nSPS) is 18.2. The van der Waals surface area contributed by atoms with Crippen LogP contribution in [0.4, 0.5) is 0 Å². The number of sulfonamides is 1. The van der Waals surface area contributed by atoms with Gasteiger partial charge in [-0.1, -0.05) is 15.9 Å². The third kappa shape index (κ3) is 2.85. The summed E-state index contributed by atoms with van der Waals surface area (Å²) < 4.78 is 30.8. The van der Waals surface area contributed by atoms with Crippen LogP contribution < -0.4 is 4.72 Å². The zero-order chi connectivity index (χ0) is 15.9. The molecule has 1 aliphatic carbocycles. The summed E-state index contributed by atoms with van der Waals surface area (Å²) in [5, 5.41) is 4.25. The van der Waals surface area contributed by atoms with Crippen LogP contribution in [-0.4, -0.2) is 18.2 Å². The highest BCUT2D eigenvalue weighted by molar-refractivity contribution is 9.10. The first-order valence-corrected chi connectivity index (χ1v) is 9.45. The molecule has 1 aromatic carbocycles. The Morgan fingerprint density at radius 2 is 2.18 bits per heavy atom. The lowest BCUT2D eigenvalue weighted by Crippen LogP contribution is -2.31. The van der Waals surface area contributed by atoms with Gasteiger partial charge in [-0.15, -0.1) is 0 Å². The van der Waals surface area contributed by atoms with Gasteiger partial charge < -0.3 is 0 Å². The summed E-state index contributed by atoms with van der Waals surface area (Å²) >= 11 is 3.39. The number of hydrogen-bond donors (Lipinski definition) is 1. The van der Waals surface area contributed by atoms with Gasteiger partial charge in [-0.25, -0.2) is 13.1 Å². The lowest BCUT2D eigenvalue weighted by atomic mass is 9.94. The molecule has 3 rings (SSSR count). The summed E-state index contributed by atoms with van der Waals surface area (Å²) in [5.41, 5.74) is 3.01. The largest absolute Gasteiger partial charge is 0.272 e. The number of fused-ring (bicyclic) bond motifs is 1. The van der Waals surface area contributed by atoms with Crippen molar-refractivity contribution >= 4 is 26.0 Å². The summed E-state index contributed by atoms with van der Waals surface area (Å²) in [4.78, 5) is 0.296. The van der Waals surface area contributed by atoms with E-state index in [-0.39, 0.29) is 6.04 Å². The fourth-order valence-corrected chi connectivity index (χ4v) is 4.45. The van der Waals surface area contributed by atoms with Gasteiger partial charge in [-0.2, -0.15) is 5.10 Å². The van der Waals surface area contributed by atoms with E-state index >= 15 is 0 Å². The second kappa shape index (κ2) is 5.79. The topological polar surface area (TPSA) is 64.0 Å². The van der Waals surface area contributed by atoms with Crippen molar-refractivity contribution in [1.29, 1.82) is 0 Å². The molecule has 118 valence electrons. The van der Waals surface area contributed by atoms with Crippen molar-refractivity contribution in [3.05, 3.63) is 45.7 Å². The molecule has 1 N–H and O–H groups in total. The van der Waals surface area contributed by atoms with Crippen LogP contribution in [0.5, 0.6) is 0 Å². The van der Waals surface area contributed by atoms with Crippen molar-refractivity contribution in [3.63, 3.8) is 0 Å². The van der Waals surface area contributed by atoms with E-state index in [2.05, 4.69) is 25.8 Å². The van der Waals surface area contributed by atoms with Gasteiger partial charge in [0.25, 0.3) is 0 Å². The van der Waals surface area contributed by atoms with E-state index in [1.807, 2.05) is 18.7 Å². The first-order valence-electron chi connectivity index (χ1n) is 7.18. The van der Waals surface area contributed by atoms with Crippen LogP contribution in [0.2, 0.25) is 0 Å². The van der Waals surface area contributed by atoms with Crippen molar-refractivity contribution in [1.82, 2.24) is 14.5 Å². The van der Waals surface area contributed by atoms with Gasteiger partial charge in [-0.05, 0) is 49.9 Å². The fraction of sp³-hybridized carbons (Fsp3) is 0.400. The van der Waals surface area contributed by atoms with Gasteiger partial charge in [0.15, 0.2) is 0 Å². The maximum absolute atomic E-state index is 12.6. The quantitative estimate of drug-likeness (QED) is 0.885. The Kier molecular flexibility index (Phi) is 4.13. The van der Waals surface area contributed by atoms with Gasteiger partial charge in [0.05, 0.1) is 17.1 Å². The SMILES string of the molecule is Cc1cc(S(=O)(=O)NC2CCCc3c2cnn3C)ccc1Br. The standard InChI is InChI=1S/C15H18BrN3O2S/c1-10-8-11(6-7-13(10)16)22(20,21)18-14-4-3-5-15-12(14)9-17-19(15)2/h6-9,14,18H,3-5H2,1-2H3. The highest BCUT2D eigenvalue weighted by atomic mass is 79.9. The monoisotopic (exact) mass is 383 g/mol. The smallest absolute Gasteiger partial charge is 0.241 e. The Bertz CT molecular complexity index is 814. The van der Waals surface area contributed by atoms with Crippen LogP contribution in [0.25, 0.3) is 0 Å². The van der Waals surface area contributed by atoms with Gasteiger partial charge in [-0.3, -0.25) is 4.68 Å². The van der Waals surface area contributed by atoms with Gasteiger partial charge in [0.1, 0.15) is 0 Å². The third-order valence-electron chi connectivity index (χ3n) is 4.11. The van der Waals surface area contributed by atoms with E-state index < -0.39 is 10.0 Å². The van der Waals surface area contributed by atoms with E-state index in [1.165, 1.54) is 0 Å². The average Bonchev–Trinajstić information content (AvgIpc) is 2.84. The molecule has 0 aliphatic heterocycles. The first-order chi connectivity index (χ1) is 10.4. The number of nitrogens with one attached hydrogen (secondary N) is 1. The van der Waals surface area contributed by atoms with E-state index in [0.717, 1.165) is 40.6 Å². The van der Waals surface area contributed by atoms with E-state index in [4.69, 9.17) is 0 Å². The Hall–Kier alpha value is -1.18. The molecule has 1 aromatic heterocycles. The zero-order valence-electron chi connectivity index (χ0n) is 12.5. The Morgan fingerprint density at radius 1 is 1.41 bits per heavy atom. The zero-order valence-corrected chi connectivity index (χ0v) is 14.9. The van der Waals surface area contributed by atoms with Gasteiger partial charge in [0.2, 0.25) is 10.0 Å². The molecule has 0 radical (unpaired) electrons. The molecule has 1 heterocycles. The van der Waals surface area contributed by atoms with Gasteiger partial charge in [0, 0.05) is 22.8 Å². The molecule has 0 bridgehead atoms. The summed E-state index contributed by atoms with van der Waals surface area (Å²) in [5.74, 6) is 0. The lowest BCUT2D eigenvalue weighted by molar-refractivity contribution is 0.498. The Morgan fingerprint density at radius 3 is 2.91 bits per heavy atom. The van der Waals surface area contributed by atoms with Crippen LogP contribution >= 0.6 is 15.9 Å². The number of hydrogen-bond acceptors (Lipinski definition) is 3. The minimum atomic E-state index is -3.54. The van der Waals surface area contributed by atoms with E-state index in [0.29, 0.717) is 4.90 Å². The predicted octanol–water partition coefficient (Wildman–Crippen LogP) is 2.85. The molecule has 0 spiro atoms. The highest BCUT2D eigenvalue weighted by Gasteiger charge is 2.28. The number of aryl methyl sites for hydroxylation is 2. The summed E-state index contributed by atoms with van der Waals surface area (Å²) in [6, 6.07) is 4.86. The molecular formula is C15H18BrN3O2S. The second-order valence-electron chi connectivity index (χ2n) is 5.65. The number of rotatable bonds is 3. The van der Waals surface area contributed by atoms with Crippen LogP contribution in [0.15, 0.2) is 33.8 Å². The van der Waals surface area contributed by atoms with Crippen molar-refractivity contribution in [2.75, 3.05) is 0 Å². The minimum absolute atomic E-state index is 0.202. The molecule has 0 saturated heterocycles. The first kappa shape index (κ1) is 15.7. The Balaban J connectivity index is 1.90. The summed E-state index contributed by atoms with van der Waals surface area (Å²) in [7, 11) is -1.64. The summed E-state index contributed by atoms with van der Waals surface area (Å²) in [6.45, 7) is 1.88. The number of aromatic nitrogens is 2. The predicted molar refractivity (Wildman–Crippen MR) is 88.1 cm³/mol. The molecule has 1 unspecified atom stereocenters. The van der Waals surface area contributed by atoms with Gasteiger partial charge >= 0.3 is 0 Å².